The number of carbonyl (C=O) groups is 1. The Hall–Kier alpha value is -2.53. The number of amides is 1. The first kappa shape index (κ1) is 17.8. The Bertz CT molecular complexity index is 688. The molecule has 1 atom stereocenters. The summed E-state index contributed by atoms with van der Waals surface area (Å²) in [4.78, 5) is 11.3. The number of hydrogen-bond donors (Lipinski definition) is 2. The first-order valence-electron chi connectivity index (χ1n) is 7.91. The van der Waals surface area contributed by atoms with Crippen LogP contribution in [0.1, 0.15) is 30.9 Å². The molecular formula is C19H24N2O3. The zero-order chi connectivity index (χ0) is 17.6. The number of hydrogen-bond acceptors (Lipinski definition) is 4. The molecule has 0 aromatic heterocycles. The smallest absolute Gasteiger partial charge is 0.219 e. The second-order valence-electron chi connectivity index (χ2n) is 5.79. The lowest BCUT2D eigenvalue weighted by atomic mass is 9.85. The van der Waals surface area contributed by atoms with E-state index in [0.717, 1.165) is 11.1 Å². The normalized spacial score (nSPS) is 13.1. The van der Waals surface area contributed by atoms with Crippen LogP contribution >= 0.6 is 0 Å². The second-order valence-corrected chi connectivity index (χ2v) is 5.79. The van der Waals surface area contributed by atoms with Gasteiger partial charge in [-0.25, -0.2) is 0 Å². The number of benzene rings is 2. The molecule has 24 heavy (non-hydrogen) atoms. The summed E-state index contributed by atoms with van der Waals surface area (Å²) in [5.74, 6) is 0.779. The van der Waals surface area contributed by atoms with Crippen LogP contribution in [0, 0.1) is 0 Å². The minimum Gasteiger partial charge on any atom is -0.493 e. The number of rotatable bonds is 8. The van der Waals surface area contributed by atoms with E-state index < -0.39 is 11.4 Å². The van der Waals surface area contributed by atoms with Gasteiger partial charge in [-0.15, -0.1) is 0 Å². The fourth-order valence-electron chi connectivity index (χ4n) is 2.57. The highest BCUT2D eigenvalue weighted by Crippen LogP contribution is 2.34. The fourth-order valence-corrected chi connectivity index (χ4v) is 2.57. The average Bonchev–Trinajstić information content (AvgIpc) is 2.60. The van der Waals surface area contributed by atoms with Crippen LogP contribution in [0.2, 0.25) is 0 Å². The summed E-state index contributed by atoms with van der Waals surface area (Å²) in [5.41, 5.74) is 12.7. The largest absolute Gasteiger partial charge is 0.493 e. The van der Waals surface area contributed by atoms with Gasteiger partial charge in [0.05, 0.1) is 7.11 Å². The van der Waals surface area contributed by atoms with Crippen molar-refractivity contribution >= 4 is 5.91 Å². The number of primary amides is 1. The fraction of sp³-hybridized carbons (Fsp3) is 0.316. The second kappa shape index (κ2) is 7.84. The van der Waals surface area contributed by atoms with Crippen LogP contribution in [-0.2, 0) is 16.9 Å². The topological polar surface area (TPSA) is 87.6 Å². The van der Waals surface area contributed by atoms with E-state index in [1.54, 1.807) is 7.11 Å². The highest BCUT2D eigenvalue weighted by molar-refractivity contribution is 5.75. The summed E-state index contributed by atoms with van der Waals surface area (Å²) in [6.07, 6.45) is 0.667. The zero-order valence-corrected chi connectivity index (χ0v) is 14.1. The molecule has 0 fully saturated rings. The van der Waals surface area contributed by atoms with Crippen molar-refractivity contribution in [2.75, 3.05) is 7.11 Å². The van der Waals surface area contributed by atoms with Gasteiger partial charge in [0, 0.05) is 12.0 Å². The third kappa shape index (κ3) is 4.26. The van der Waals surface area contributed by atoms with Gasteiger partial charge < -0.3 is 20.9 Å². The van der Waals surface area contributed by atoms with Crippen molar-refractivity contribution in [3.63, 3.8) is 0 Å². The number of methoxy groups -OCH3 is 1. The quantitative estimate of drug-likeness (QED) is 0.780. The van der Waals surface area contributed by atoms with Crippen LogP contribution in [0.3, 0.4) is 0 Å². The summed E-state index contributed by atoms with van der Waals surface area (Å²) in [5, 5.41) is 0. The number of ether oxygens (including phenoxy) is 2. The monoisotopic (exact) mass is 328 g/mol. The minimum absolute atomic E-state index is 0.0802. The van der Waals surface area contributed by atoms with E-state index in [0.29, 0.717) is 24.5 Å². The van der Waals surface area contributed by atoms with Gasteiger partial charge in [-0.05, 0) is 29.7 Å². The van der Waals surface area contributed by atoms with Crippen LogP contribution in [0.15, 0.2) is 48.5 Å². The Morgan fingerprint density at radius 2 is 1.83 bits per heavy atom. The number of nitrogens with two attached hydrogens (primary N) is 2. The predicted octanol–water partition coefficient (Wildman–Crippen LogP) is 2.71. The van der Waals surface area contributed by atoms with Gasteiger partial charge in [-0.1, -0.05) is 43.3 Å². The molecule has 0 radical (unpaired) electrons. The van der Waals surface area contributed by atoms with E-state index in [1.807, 2.05) is 55.5 Å². The lowest BCUT2D eigenvalue weighted by Gasteiger charge is -2.28. The molecule has 2 aromatic rings. The van der Waals surface area contributed by atoms with E-state index >= 15 is 0 Å². The van der Waals surface area contributed by atoms with Crippen molar-refractivity contribution in [1.29, 1.82) is 0 Å². The number of carbonyl (C=O) groups excluding carboxylic acids is 1. The Balaban J connectivity index is 2.22. The molecule has 0 aliphatic rings. The van der Waals surface area contributed by atoms with Crippen LogP contribution in [-0.4, -0.2) is 13.0 Å². The lowest BCUT2D eigenvalue weighted by molar-refractivity contribution is -0.119. The Kier molecular flexibility index (Phi) is 5.82. The van der Waals surface area contributed by atoms with Gasteiger partial charge in [-0.3, -0.25) is 4.79 Å². The van der Waals surface area contributed by atoms with Crippen molar-refractivity contribution < 1.29 is 14.3 Å². The third-order valence-electron chi connectivity index (χ3n) is 4.10. The SMILES string of the molecule is CCC(N)(CC(N)=O)c1ccc(OCc2ccccc2)c(OC)c1. The van der Waals surface area contributed by atoms with Crippen molar-refractivity contribution in [2.45, 2.75) is 31.9 Å². The van der Waals surface area contributed by atoms with Gasteiger partial charge in [-0.2, -0.15) is 0 Å². The van der Waals surface area contributed by atoms with Crippen molar-refractivity contribution in [3.8, 4) is 11.5 Å². The van der Waals surface area contributed by atoms with Crippen LogP contribution < -0.4 is 20.9 Å². The molecule has 2 rings (SSSR count). The van der Waals surface area contributed by atoms with Gasteiger partial charge >= 0.3 is 0 Å². The maximum absolute atomic E-state index is 11.3. The molecule has 1 unspecified atom stereocenters. The summed E-state index contributed by atoms with van der Waals surface area (Å²) in [7, 11) is 1.58. The average molecular weight is 328 g/mol. The molecule has 5 heteroatoms. The highest BCUT2D eigenvalue weighted by Gasteiger charge is 2.28. The molecule has 0 saturated heterocycles. The first-order chi connectivity index (χ1) is 11.5. The molecule has 4 N–H and O–H groups in total. The third-order valence-corrected chi connectivity index (χ3v) is 4.10. The molecule has 128 valence electrons. The molecule has 0 spiro atoms. The molecule has 0 aliphatic heterocycles. The van der Waals surface area contributed by atoms with E-state index in [4.69, 9.17) is 20.9 Å². The zero-order valence-electron chi connectivity index (χ0n) is 14.1. The summed E-state index contributed by atoms with van der Waals surface area (Å²) >= 11 is 0. The van der Waals surface area contributed by atoms with E-state index in [9.17, 15) is 4.79 Å². The van der Waals surface area contributed by atoms with Gasteiger partial charge in [0.1, 0.15) is 6.61 Å². The summed E-state index contributed by atoms with van der Waals surface area (Å²) < 4.78 is 11.3. The van der Waals surface area contributed by atoms with Gasteiger partial charge in [0.15, 0.2) is 11.5 Å². The summed E-state index contributed by atoms with van der Waals surface area (Å²) in [6, 6.07) is 15.4. The van der Waals surface area contributed by atoms with E-state index in [-0.39, 0.29) is 6.42 Å². The van der Waals surface area contributed by atoms with Gasteiger partial charge in [0.2, 0.25) is 5.91 Å². The Morgan fingerprint density at radius 1 is 1.12 bits per heavy atom. The molecule has 0 aliphatic carbocycles. The first-order valence-corrected chi connectivity index (χ1v) is 7.91. The maximum atomic E-state index is 11.3. The molecule has 5 nitrogen and oxygen atoms in total. The Labute approximate surface area is 142 Å². The van der Waals surface area contributed by atoms with Crippen LogP contribution in [0.25, 0.3) is 0 Å². The lowest BCUT2D eigenvalue weighted by Crippen LogP contribution is -2.40. The van der Waals surface area contributed by atoms with Crippen molar-refractivity contribution in [1.82, 2.24) is 0 Å². The molecule has 1 amide bonds. The summed E-state index contributed by atoms with van der Waals surface area (Å²) in [6.45, 7) is 2.37. The van der Waals surface area contributed by atoms with Crippen LogP contribution in [0.4, 0.5) is 0 Å². The van der Waals surface area contributed by atoms with E-state index in [1.165, 1.54) is 0 Å². The predicted molar refractivity (Wildman–Crippen MR) is 93.7 cm³/mol. The molecule has 0 heterocycles. The van der Waals surface area contributed by atoms with Crippen molar-refractivity contribution in [2.24, 2.45) is 11.5 Å². The Morgan fingerprint density at radius 3 is 2.42 bits per heavy atom. The molecule has 2 aromatic carbocycles. The minimum atomic E-state index is -0.808. The van der Waals surface area contributed by atoms with Crippen LogP contribution in [0.5, 0.6) is 11.5 Å². The standard InChI is InChI=1S/C19H24N2O3/c1-3-19(21,12-18(20)22)15-9-10-16(17(11-15)23-2)24-13-14-7-5-4-6-8-14/h4-11H,3,12-13,21H2,1-2H3,(H2,20,22). The molecular weight excluding hydrogens is 304 g/mol. The van der Waals surface area contributed by atoms with Crippen molar-refractivity contribution in [3.05, 3.63) is 59.7 Å². The maximum Gasteiger partial charge on any atom is 0.219 e. The highest BCUT2D eigenvalue weighted by atomic mass is 16.5. The molecule has 0 bridgehead atoms. The molecule has 0 saturated carbocycles. The van der Waals surface area contributed by atoms with E-state index in [2.05, 4.69) is 0 Å². The van der Waals surface area contributed by atoms with Gasteiger partial charge in [0.25, 0.3) is 0 Å².